The number of nitrogens with one attached hydrogen (secondary N) is 1. The molecule has 0 amide bonds. The minimum atomic E-state index is -0.199. The molecule has 82 valence electrons. The molecule has 16 heavy (non-hydrogen) atoms. The third-order valence-electron chi connectivity index (χ3n) is 2.91. The van der Waals surface area contributed by atoms with E-state index < -0.39 is 0 Å². The van der Waals surface area contributed by atoms with E-state index in [4.69, 9.17) is 9.31 Å². The van der Waals surface area contributed by atoms with Gasteiger partial charge in [-0.1, -0.05) is 19.1 Å². The lowest BCUT2D eigenvalue weighted by atomic mass is 9.77. The molecule has 3 nitrogen and oxygen atoms in total. The third kappa shape index (κ3) is 1.74. The van der Waals surface area contributed by atoms with Crippen LogP contribution in [0.4, 0.5) is 0 Å². The summed E-state index contributed by atoms with van der Waals surface area (Å²) >= 11 is 0. The Morgan fingerprint density at radius 1 is 1.25 bits per heavy atom. The van der Waals surface area contributed by atoms with Crippen molar-refractivity contribution in [1.82, 2.24) is 4.98 Å². The van der Waals surface area contributed by atoms with Crippen LogP contribution in [0.2, 0.25) is 0 Å². The van der Waals surface area contributed by atoms with Crippen LogP contribution >= 0.6 is 0 Å². The summed E-state index contributed by atoms with van der Waals surface area (Å²) in [6.07, 6.45) is 1.94. The van der Waals surface area contributed by atoms with Crippen LogP contribution in [0.1, 0.15) is 6.92 Å². The van der Waals surface area contributed by atoms with Gasteiger partial charge in [-0.25, -0.2) is 0 Å². The number of aromatic amines is 1. The molecule has 0 bridgehead atoms. The molecule has 0 unspecified atom stereocenters. The SMILES string of the molecule is CC1COB(c2ccc3[nH]ccc3c2)OC1. The maximum absolute atomic E-state index is 5.67. The van der Waals surface area contributed by atoms with E-state index in [1.54, 1.807) is 0 Å². The summed E-state index contributed by atoms with van der Waals surface area (Å²) in [6, 6.07) is 8.30. The first-order chi connectivity index (χ1) is 7.83. The Morgan fingerprint density at radius 2 is 2.06 bits per heavy atom. The number of hydrogen-bond donors (Lipinski definition) is 1. The van der Waals surface area contributed by atoms with Gasteiger partial charge in [0.1, 0.15) is 0 Å². The topological polar surface area (TPSA) is 34.2 Å². The minimum Gasteiger partial charge on any atom is -0.407 e. The number of H-pyrrole nitrogens is 1. The quantitative estimate of drug-likeness (QED) is 0.732. The fraction of sp³-hybridized carbons (Fsp3) is 0.333. The van der Waals surface area contributed by atoms with Crippen LogP contribution in [-0.4, -0.2) is 25.3 Å². The van der Waals surface area contributed by atoms with E-state index in [1.165, 1.54) is 5.39 Å². The third-order valence-corrected chi connectivity index (χ3v) is 2.91. The van der Waals surface area contributed by atoms with Gasteiger partial charge in [0, 0.05) is 24.9 Å². The Morgan fingerprint density at radius 3 is 2.88 bits per heavy atom. The number of rotatable bonds is 1. The van der Waals surface area contributed by atoms with Crippen molar-refractivity contribution in [2.75, 3.05) is 13.2 Å². The van der Waals surface area contributed by atoms with E-state index in [1.807, 2.05) is 6.20 Å². The van der Waals surface area contributed by atoms with Crippen LogP contribution in [0.15, 0.2) is 30.5 Å². The van der Waals surface area contributed by atoms with Crippen molar-refractivity contribution in [3.8, 4) is 0 Å². The summed E-state index contributed by atoms with van der Waals surface area (Å²) in [6.45, 7) is 3.68. The molecule has 1 aromatic carbocycles. The average molecular weight is 215 g/mol. The van der Waals surface area contributed by atoms with Crippen LogP contribution in [0.3, 0.4) is 0 Å². The van der Waals surface area contributed by atoms with Crippen molar-refractivity contribution >= 4 is 23.5 Å². The molecule has 0 atom stereocenters. The summed E-state index contributed by atoms with van der Waals surface area (Å²) in [7, 11) is -0.199. The minimum absolute atomic E-state index is 0.199. The van der Waals surface area contributed by atoms with E-state index in [0.29, 0.717) is 5.92 Å². The van der Waals surface area contributed by atoms with Crippen molar-refractivity contribution in [2.45, 2.75) is 6.92 Å². The molecule has 4 heteroatoms. The van der Waals surface area contributed by atoms with Gasteiger partial charge >= 0.3 is 7.12 Å². The Bertz CT molecular complexity index is 488. The summed E-state index contributed by atoms with van der Waals surface area (Å²) in [4.78, 5) is 3.18. The first-order valence-electron chi connectivity index (χ1n) is 5.63. The van der Waals surface area contributed by atoms with Crippen molar-refractivity contribution < 1.29 is 9.31 Å². The van der Waals surface area contributed by atoms with Crippen molar-refractivity contribution in [3.63, 3.8) is 0 Å². The molecule has 2 heterocycles. The van der Waals surface area contributed by atoms with Gasteiger partial charge in [0.15, 0.2) is 0 Å². The van der Waals surface area contributed by atoms with Gasteiger partial charge in [-0.2, -0.15) is 0 Å². The second-order valence-corrected chi connectivity index (χ2v) is 4.43. The Kier molecular flexibility index (Phi) is 2.46. The summed E-state index contributed by atoms with van der Waals surface area (Å²) in [5, 5.41) is 1.20. The molecule has 2 aromatic rings. The molecule has 3 rings (SSSR count). The Balaban J connectivity index is 1.87. The van der Waals surface area contributed by atoms with Crippen molar-refractivity contribution in [3.05, 3.63) is 30.5 Å². The van der Waals surface area contributed by atoms with E-state index in [9.17, 15) is 0 Å². The highest BCUT2D eigenvalue weighted by atomic mass is 16.6. The normalized spacial score (nSPS) is 18.2. The maximum atomic E-state index is 5.67. The first kappa shape index (κ1) is 9.93. The van der Waals surface area contributed by atoms with Crippen LogP contribution in [0, 0.1) is 5.92 Å². The van der Waals surface area contributed by atoms with E-state index in [0.717, 1.165) is 24.2 Å². The monoisotopic (exact) mass is 215 g/mol. The van der Waals surface area contributed by atoms with E-state index >= 15 is 0 Å². The number of hydrogen-bond acceptors (Lipinski definition) is 2. The predicted octanol–water partition coefficient (Wildman–Crippen LogP) is 1.55. The van der Waals surface area contributed by atoms with Crippen LogP contribution < -0.4 is 5.46 Å². The Hall–Kier alpha value is -1.26. The van der Waals surface area contributed by atoms with Gasteiger partial charge in [-0.05, 0) is 28.9 Å². The second kappa shape index (κ2) is 3.96. The molecule has 1 aliphatic rings. The van der Waals surface area contributed by atoms with E-state index in [-0.39, 0.29) is 7.12 Å². The largest absolute Gasteiger partial charge is 0.493 e. The van der Waals surface area contributed by atoms with Gasteiger partial charge in [0.05, 0.1) is 0 Å². The summed E-state index contributed by atoms with van der Waals surface area (Å²) < 4.78 is 11.3. The molecule has 0 spiro atoms. The number of benzene rings is 1. The van der Waals surface area contributed by atoms with Crippen LogP contribution in [-0.2, 0) is 9.31 Å². The highest BCUT2D eigenvalue weighted by molar-refractivity contribution is 6.61. The highest BCUT2D eigenvalue weighted by Gasteiger charge is 2.27. The lowest BCUT2D eigenvalue weighted by molar-refractivity contribution is 0.0958. The zero-order valence-corrected chi connectivity index (χ0v) is 9.27. The molecule has 1 aromatic heterocycles. The predicted molar refractivity (Wildman–Crippen MR) is 64.8 cm³/mol. The smallest absolute Gasteiger partial charge is 0.407 e. The van der Waals surface area contributed by atoms with Gasteiger partial charge in [-0.15, -0.1) is 0 Å². The fourth-order valence-electron chi connectivity index (χ4n) is 2.01. The fourth-order valence-corrected chi connectivity index (χ4v) is 2.01. The molecule has 1 N–H and O–H groups in total. The molecular weight excluding hydrogens is 201 g/mol. The van der Waals surface area contributed by atoms with Gasteiger partial charge in [0.2, 0.25) is 0 Å². The average Bonchev–Trinajstić information content (AvgIpc) is 2.77. The van der Waals surface area contributed by atoms with Gasteiger partial charge in [-0.3, -0.25) is 0 Å². The summed E-state index contributed by atoms with van der Waals surface area (Å²) in [5.41, 5.74) is 2.24. The lowest BCUT2D eigenvalue weighted by Crippen LogP contribution is -2.43. The lowest BCUT2D eigenvalue weighted by Gasteiger charge is -2.24. The number of aromatic nitrogens is 1. The molecule has 0 aliphatic carbocycles. The zero-order valence-electron chi connectivity index (χ0n) is 9.27. The van der Waals surface area contributed by atoms with Crippen molar-refractivity contribution in [1.29, 1.82) is 0 Å². The molecule has 0 saturated carbocycles. The highest BCUT2D eigenvalue weighted by Crippen LogP contribution is 2.12. The van der Waals surface area contributed by atoms with Gasteiger partial charge in [0.25, 0.3) is 0 Å². The standard InChI is InChI=1S/C12H14BNO2/c1-9-7-15-13(16-8-9)11-2-3-12-10(6-11)4-5-14-12/h2-6,9,14H,7-8H2,1H3. The Labute approximate surface area is 94.9 Å². The second-order valence-electron chi connectivity index (χ2n) is 4.43. The maximum Gasteiger partial charge on any atom is 0.493 e. The molecule has 0 radical (unpaired) electrons. The van der Waals surface area contributed by atoms with Gasteiger partial charge < -0.3 is 14.3 Å². The van der Waals surface area contributed by atoms with E-state index in [2.05, 4.69) is 36.2 Å². The first-order valence-corrected chi connectivity index (χ1v) is 5.63. The van der Waals surface area contributed by atoms with Crippen LogP contribution in [0.25, 0.3) is 10.9 Å². The van der Waals surface area contributed by atoms with Crippen molar-refractivity contribution in [2.24, 2.45) is 5.92 Å². The molecular formula is C12H14BNO2. The number of fused-ring (bicyclic) bond motifs is 1. The van der Waals surface area contributed by atoms with Crippen LogP contribution in [0.5, 0.6) is 0 Å². The molecule has 1 aliphatic heterocycles. The summed E-state index contributed by atoms with van der Waals surface area (Å²) in [5.74, 6) is 0.493. The molecule has 1 saturated heterocycles. The zero-order chi connectivity index (χ0) is 11.0. The molecule has 1 fully saturated rings.